The lowest BCUT2D eigenvalue weighted by Gasteiger charge is -2.16. The van der Waals surface area contributed by atoms with Gasteiger partial charge in [0.15, 0.2) is 4.77 Å². The van der Waals surface area contributed by atoms with Gasteiger partial charge in [-0.1, -0.05) is 30.3 Å². The van der Waals surface area contributed by atoms with Gasteiger partial charge in [0, 0.05) is 5.56 Å². The fraction of sp³-hybridized carbons (Fsp3) is 0.188. The van der Waals surface area contributed by atoms with Gasteiger partial charge in [0.05, 0.1) is 17.1 Å². The van der Waals surface area contributed by atoms with Gasteiger partial charge in [0.2, 0.25) is 0 Å². The minimum atomic E-state index is -0.204. The van der Waals surface area contributed by atoms with E-state index in [4.69, 9.17) is 12.2 Å². The molecule has 1 aromatic heterocycles. The summed E-state index contributed by atoms with van der Waals surface area (Å²) >= 11 is 5.42. The Morgan fingerprint density at radius 2 is 1.90 bits per heavy atom. The molecular weight excluding hydrogens is 271 g/mol. The molecule has 0 aliphatic carbocycles. The first-order chi connectivity index (χ1) is 9.59. The van der Waals surface area contributed by atoms with E-state index in [-0.39, 0.29) is 11.9 Å². The number of para-hydroxylation sites is 1. The van der Waals surface area contributed by atoms with Crippen molar-refractivity contribution in [1.29, 1.82) is 0 Å². The van der Waals surface area contributed by atoms with E-state index in [0.29, 0.717) is 10.3 Å². The van der Waals surface area contributed by atoms with Gasteiger partial charge in [-0.25, -0.2) is 4.39 Å². The molecule has 3 aromatic rings. The van der Waals surface area contributed by atoms with E-state index < -0.39 is 0 Å². The quantitative estimate of drug-likeness (QED) is 0.674. The van der Waals surface area contributed by atoms with Crippen molar-refractivity contribution < 1.29 is 4.39 Å². The molecule has 0 fully saturated rings. The van der Waals surface area contributed by atoms with Gasteiger partial charge in [-0.3, -0.25) is 0 Å². The second-order valence-electron chi connectivity index (χ2n) is 4.97. The van der Waals surface area contributed by atoms with Crippen molar-refractivity contribution in [2.45, 2.75) is 19.9 Å². The van der Waals surface area contributed by atoms with Gasteiger partial charge in [0.1, 0.15) is 5.82 Å². The van der Waals surface area contributed by atoms with Crippen LogP contribution < -0.4 is 0 Å². The number of aryl methyl sites for hydroxylation is 1. The van der Waals surface area contributed by atoms with Crippen LogP contribution in [0.2, 0.25) is 0 Å². The number of nitrogens with one attached hydrogen (secondary N) is 1. The molecule has 4 heteroatoms. The number of fused-ring (bicyclic) bond motifs is 1. The van der Waals surface area contributed by atoms with Crippen LogP contribution in [0.15, 0.2) is 42.5 Å². The number of rotatable bonds is 2. The van der Waals surface area contributed by atoms with Crippen molar-refractivity contribution in [2.24, 2.45) is 0 Å². The Balaban J connectivity index is 2.27. The molecule has 102 valence electrons. The number of halogens is 1. The smallest absolute Gasteiger partial charge is 0.178 e. The van der Waals surface area contributed by atoms with Gasteiger partial charge in [-0.2, -0.15) is 0 Å². The first-order valence-corrected chi connectivity index (χ1v) is 6.94. The lowest BCUT2D eigenvalue weighted by Crippen LogP contribution is -2.09. The number of nitrogens with zero attached hydrogens (tertiary/aromatic N) is 1. The normalized spacial score (nSPS) is 12.8. The third kappa shape index (κ3) is 1.96. The van der Waals surface area contributed by atoms with Crippen LogP contribution in [0, 0.1) is 17.5 Å². The molecule has 1 unspecified atom stereocenters. The van der Waals surface area contributed by atoms with E-state index >= 15 is 0 Å². The van der Waals surface area contributed by atoms with Crippen molar-refractivity contribution in [1.82, 2.24) is 9.55 Å². The van der Waals surface area contributed by atoms with Crippen molar-refractivity contribution in [2.75, 3.05) is 0 Å². The summed E-state index contributed by atoms with van der Waals surface area (Å²) in [7, 11) is 0. The van der Waals surface area contributed by atoms with E-state index in [1.54, 1.807) is 12.1 Å². The molecule has 0 aliphatic heterocycles. The Labute approximate surface area is 121 Å². The van der Waals surface area contributed by atoms with Gasteiger partial charge in [-0.15, -0.1) is 0 Å². The third-order valence-corrected chi connectivity index (χ3v) is 3.98. The van der Waals surface area contributed by atoms with E-state index in [1.807, 2.05) is 42.7 Å². The summed E-state index contributed by atoms with van der Waals surface area (Å²) in [5.41, 5.74) is 3.79. The zero-order valence-electron chi connectivity index (χ0n) is 11.4. The number of aromatic nitrogens is 2. The van der Waals surface area contributed by atoms with Crippen LogP contribution in [-0.2, 0) is 0 Å². The van der Waals surface area contributed by atoms with Crippen LogP contribution in [0.4, 0.5) is 4.39 Å². The standard InChI is InChI=1S/C16H15FN2S/c1-10-6-5-9-14-15(10)19(16(20)18-14)11(2)12-7-3-4-8-13(12)17/h3-9,11H,1-2H3,(H,18,20). The van der Waals surface area contributed by atoms with Crippen molar-refractivity contribution in [3.8, 4) is 0 Å². The Morgan fingerprint density at radius 3 is 2.65 bits per heavy atom. The summed E-state index contributed by atoms with van der Waals surface area (Å²) in [5.74, 6) is -0.204. The minimum Gasteiger partial charge on any atom is -0.331 e. The maximum atomic E-state index is 14.0. The Hall–Kier alpha value is -1.94. The number of hydrogen-bond acceptors (Lipinski definition) is 1. The summed E-state index contributed by atoms with van der Waals surface area (Å²) in [6.45, 7) is 4.00. The number of aromatic amines is 1. The molecule has 3 rings (SSSR count). The molecule has 2 aromatic carbocycles. The molecule has 1 atom stereocenters. The minimum absolute atomic E-state index is 0.154. The molecule has 0 aliphatic rings. The lowest BCUT2D eigenvalue weighted by atomic mass is 10.1. The van der Waals surface area contributed by atoms with Gasteiger partial charge in [-0.05, 0) is 43.8 Å². The maximum absolute atomic E-state index is 14.0. The van der Waals surface area contributed by atoms with Gasteiger partial charge in [0.25, 0.3) is 0 Å². The monoisotopic (exact) mass is 286 g/mol. The molecule has 0 amide bonds. The van der Waals surface area contributed by atoms with Gasteiger partial charge < -0.3 is 9.55 Å². The highest BCUT2D eigenvalue weighted by molar-refractivity contribution is 7.71. The number of hydrogen-bond donors (Lipinski definition) is 1. The van der Waals surface area contributed by atoms with E-state index in [1.165, 1.54) is 6.07 Å². The molecule has 0 saturated carbocycles. The van der Waals surface area contributed by atoms with Crippen molar-refractivity contribution >= 4 is 23.3 Å². The second-order valence-corrected chi connectivity index (χ2v) is 5.36. The zero-order valence-corrected chi connectivity index (χ0v) is 12.2. The van der Waals surface area contributed by atoms with Crippen LogP contribution in [0.1, 0.15) is 24.1 Å². The number of imidazole rings is 1. The molecule has 1 N–H and O–H groups in total. The highest BCUT2D eigenvalue weighted by Crippen LogP contribution is 2.27. The Morgan fingerprint density at radius 1 is 1.15 bits per heavy atom. The van der Waals surface area contributed by atoms with Crippen LogP contribution >= 0.6 is 12.2 Å². The predicted molar refractivity (Wildman–Crippen MR) is 82.1 cm³/mol. The highest BCUT2D eigenvalue weighted by Gasteiger charge is 2.17. The fourth-order valence-corrected chi connectivity index (χ4v) is 3.04. The van der Waals surface area contributed by atoms with Crippen LogP contribution in [-0.4, -0.2) is 9.55 Å². The summed E-state index contributed by atoms with van der Waals surface area (Å²) < 4.78 is 16.6. The number of benzene rings is 2. The summed E-state index contributed by atoms with van der Waals surface area (Å²) in [6.07, 6.45) is 0. The SMILES string of the molecule is Cc1cccc2[nH]c(=S)n(C(C)c3ccccc3F)c12. The molecule has 0 saturated heterocycles. The first-order valence-electron chi connectivity index (χ1n) is 6.54. The van der Waals surface area contributed by atoms with Crippen molar-refractivity contribution in [3.05, 3.63) is 64.2 Å². The number of H-pyrrole nitrogens is 1. The van der Waals surface area contributed by atoms with E-state index in [2.05, 4.69) is 4.98 Å². The summed E-state index contributed by atoms with van der Waals surface area (Å²) in [5, 5.41) is 0. The highest BCUT2D eigenvalue weighted by atomic mass is 32.1. The predicted octanol–water partition coefficient (Wildman–Crippen LogP) is 4.76. The largest absolute Gasteiger partial charge is 0.331 e. The topological polar surface area (TPSA) is 20.7 Å². The molecule has 0 bridgehead atoms. The Kier molecular flexibility index (Phi) is 3.18. The van der Waals surface area contributed by atoms with Crippen LogP contribution in [0.25, 0.3) is 11.0 Å². The van der Waals surface area contributed by atoms with Gasteiger partial charge >= 0.3 is 0 Å². The summed E-state index contributed by atoms with van der Waals surface area (Å²) in [4.78, 5) is 3.19. The molecule has 2 nitrogen and oxygen atoms in total. The summed E-state index contributed by atoms with van der Waals surface area (Å²) in [6, 6.07) is 12.7. The lowest BCUT2D eigenvalue weighted by molar-refractivity contribution is 0.561. The molecule has 0 spiro atoms. The van der Waals surface area contributed by atoms with E-state index in [9.17, 15) is 4.39 Å². The molecular formula is C16H15FN2S. The zero-order chi connectivity index (χ0) is 14.3. The average molecular weight is 286 g/mol. The maximum Gasteiger partial charge on any atom is 0.178 e. The Bertz CT molecular complexity index is 832. The first kappa shape index (κ1) is 13.1. The van der Waals surface area contributed by atoms with Crippen LogP contribution in [0.3, 0.4) is 0 Å². The van der Waals surface area contributed by atoms with Crippen LogP contribution in [0.5, 0.6) is 0 Å². The van der Waals surface area contributed by atoms with E-state index in [0.717, 1.165) is 16.6 Å². The fourth-order valence-electron chi connectivity index (χ4n) is 2.68. The second kappa shape index (κ2) is 4.87. The third-order valence-electron chi connectivity index (χ3n) is 3.68. The molecule has 0 radical (unpaired) electrons. The molecule has 20 heavy (non-hydrogen) atoms. The molecule has 1 heterocycles. The average Bonchev–Trinajstić information content (AvgIpc) is 2.76. The van der Waals surface area contributed by atoms with Crippen molar-refractivity contribution in [3.63, 3.8) is 0 Å².